The van der Waals surface area contributed by atoms with E-state index in [1.807, 2.05) is 12.1 Å². The van der Waals surface area contributed by atoms with Gasteiger partial charge in [-0.25, -0.2) is 4.98 Å². The lowest BCUT2D eigenvalue weighted by molar-refractivity contribution is 0.0977. The van der Waals surface area contributed by atoms with Crippen molar-refractivity contribution in [2.45, 2.75) is 0 Å². The number of hydrogen-bond donors (Lipinski definition) is 2. The number of rotatable bonds is 4. The standard InChI is InChI=1S/C17H14ClN3O3S2/c1-23-12-6-3-9(7-13(12)24-2)15(22)20-16(25)21-17-19-11-5-4-10(18)8-14(11)26-17/h3-8H,1-2H3,(H2,19,20,21,22,25). The molecule has 0 radical (unpaired) electrons. The number of thiazole rings is 1. The number of fused-ring (bicyclic) bond motifs is 1. The Hall–Kier alpha value is -2.42. The van der Waals surface area contributed by atoms with Crippen molar-refractivity contribution in [1.29, 1.82) is 0 Å². The van der Waals surface area contributed by atoms with E-state index in [0.29, 0.717) is 27.2 Å². The van der Waals surface area contributed by atoms with E-state index in [0.717, 1.165) is 10.2 Å². The van der Waals surface area contributed by atoms with Crippen LogP contribution in [-0.4, -0.2) is 30.2 Å². The Balaban J connectivity index is 1.69. The van der Waals surface area contributed by atoms with Crippen molar-refractivity contribution in [1.82, 2.24) is 10.3 Å². The smallest absolute Gasteiger partial charge is 0.257 e. The number of anilines is 1. The lowest BCUT2D eigenvalue weighted by Gasteiger charge is -2.10. The number of hydrogen-bond acceptors (Lipinski definition) is 6. The van der Waals surface area contributed by atoms with Gasteiger partial charge in [-0.05, 0) is 48.6 Å². The number of nitrogens with zero attached hydrogens (tertiary/aromatic N) is 1. The first kappa shape index (κ1) is 18.4. The van der Waals surface area contributed by atoms with Gasteiger partial charge in [0.2, 0.25) is 0 Å². The summed E-state index contributed by atoms with van der Waals surface area (Å²) in [7, 11) is 3.03. The molecule has 1 heterocycles. The molecule has 9 heteroatoms. The highest BCUT2D eigenvalue weighted by Crippen LogP contribution is 2.29. The Morgan fingerprint density at radius 2 is 1.92 bits per heavy atom. The lowest BCUT2D eigenvalue weighted by atomic mass is 10.2. The van der Waals surface area contributed by atoms with Crippen LogP contribution >= 0.6 is 35.2 Å². The van der Waals surface area contributed by atoms with Crippen LogP contribution in [0.3, 0.4) is 0 Å². The molecule has 2 N–H and O–H groups in total. The maximum absolute atomic E-state index is 12.4. The molecule has 3 aromatic rings. The van der Waals surface area contributed by atoms with E-state index in [1.165, 1.54) is 25.6 Å². The fourth-order valence-corrected chi connectivity index (χ4v) is 3.63. The zero-order valence-corrected chi connectivity index (χ0v) is 16.2. The Labute approximate surface area is 164 Å². The molecule has 0 aliphatic carbocycles. The number of thiocarbonyl (C=S) groups is 1. The average Bonchev–Trinajstić information content (AvgIpc) is 3.01. The summed E-state index contributed by atoms with van der Waals surface area (Å²) in [6.45, 7) is 0. The minimum absolute atomic E-state index is 0.148. The van der Waals surface area contributed by atoms with E-state index < -0.39 is 0 Å². The summed E-state index contributed by atoms with van der Waals surface area (Å²) >= 11 is 12.6. The van der Waals surface area contributed by atoms with Crippen molar-refractivity contribution in [2.24, 2.45) is 0 Å². The van der Waals surface area contributed by atoms with Crippen molar-refractivity contribution in [3.05, 3.63) is 47.0 Å². The number of ether oxygens (including phenoxy) is 2. The molecule has 0 aliphatic heterocycles. The number of halogens is 1. The predicted octanol–water partition coefficient (Wildman–Crippen LogP) is 4.09. The number of methoxy groups -OCH3 is 2. The molecule has 1 aromatic heterocycles. The number of carbonyl (C=O) groups is 1. The van der Waals surface area contributed by atoms with Gasteiger partial charge >= 0.3 is 0 Å². The summed E-state index contributed by atoms with van der Waals surface area (Å²) in [5, 5.41) is 6.88. The summed E-state index contributed by atoms with van der Waals surface area (Å²) < 4.78 is 11.3. The van der Waals surface area contributed by atoms with Crippen LogP contribution in [0.15, 0.2) is 36.4 Å². The molecule has 0 aliphatic rings. The number of carbonyl (C=O) groups excluding carboxylic acids is 1. The molecule has 0 saturated heterocycles. The van der Waals surface area contributed by atoms with E-state index in [2.05, 4.69) is 15.6 Å². The Morgan fingerprint density at radius 3 is 2.65 bits per heavy atom. The molecule has 134 valence electrons. The molecule has 0 atom stereocenters. The molecule has 3 rings (SSSR count). The van der Waals surface area contributed by atoms with Gasteiger partial charge in [0, 0.05) is 10.6 Å². The van der Waals surface area contributed by atoms with Crippen molar-refractivity contribution in [3.8, 4) is 11.5 Å². The van der Waals surface area contributed by atoms with Crippen molar-refractivity contribution < 1.29 is 14.3 Å². The third-order valence-electron chi connectivity index (χ3n) is 3.44. The highest BCUT2D eigenvalue weighted by molar-refractivity contribution is 7.80. The zero-order chi connectivity index (χ0) is 18.7. The Morgan fingerprint density at radius 1 is 1.15 bits per heavy atom. The first-order chi connectivity index (χ1) is 12.5. The molecule has 26 heavy (non-hydrogen) atoms. The number of benzene rings is 2. The van der Waals surface area contributed by atoms with Crippen molar-refractivity contribution in [3.63, 3.8) is 0 Å². The van der Waals surface area contributed by atoms with Crippen LogP contribution in [0.1, 0.15) is 10.4 Å². The van der Waals surface area contributed by atoms with Crippen LogP contribution in [0.25, 0.3) is 10.2 Å². The summed E-state index contributed by atoms with van der Waals surface area (Å²) in [5.74, 6) is 0.632. The molecule has 1 amide bonds. The van der Waals surface area contributed by atoms with Gasteiger partial charge in [-0.2, -0.15) is 0 Å². The molecule has 0 bridgehead atoms. The van der Waals surface area contributed by atoms with E-state index in [-0.39, 0.29) is 11.0 Å². The second kappa shape index (κ2) is 7.86. The van der Waals surface area contributed by atoms with E-state index in [4.69, 9.17) is 33.3 Å². The SMILES string of the molecule is COc1ccc(C(=O)NC(=S)Nc2nc3ccc(Cl)cc3s2)cc1OC. The second-order valence-electron chi connectivity index (χ2n) is 5.11. The van der Waals surface area contributed by atoms with Crippen molar-refractivity contribution >= 4 is 61.5 Å². The number of amides is 1. The van der Waals surface area contributed by atoms with Gasteiger partial charge in [-0.3, -0.25) is 10.1 Å². The number of aromatic nitrogens is 1. The minimum atomic E-state index is -0.368. The average molecular weight is 408 g/mol. The second-order valence-corrected chi connectivity index (χ2v) is 6.98. The van der Waals surface area contributed by atoms with Crippen molar-refractivity contribution in [2.75, 3.05) is 19.5 Å². The van der Waals surface area contributed by atoms with E-state index in [9.17, 15) is 4.79 Å². The first-order valence-electron chi connectivity index (χ1n) is 7.40. The van der Waals surface area contributed by atoms with Crippen LogP contribution < -0.4 is 20.1 Å². The summed E-state index contributed by atoms with van der Waals surface area (Å²) in [5.41, 5.74) is 1.19. The van der Waals surface area contributed by atoms with Crippen LogP contribution in [0.2, 0.25) is 5.02 Å². The summed E-state index contributed by atoms with van der Waals surface area (Å²) in [6, 6.07) is 10.3. The molecule has 0 saturated carbocycles. The van der Waals surface area contributed by atoms with E-state index >= 15 is 0 Å². The van der Waals surface area contributed by atoms with Gasteiger partial charge < -0.3 is 14.8 Å². The third kappa shape index (κ3) is 4.04. The topological polar surface area (TPSA) is 72.5 Å². The van der Waals surface area contributed by atoms with Gasteiger partial charge in [-0.15, -0.1) is 0 Å². The van der Waals surface area contributed by atoms with Gasteiger partial charge in [0.1, 0.15) is 0 Å². The van der Waals surface area contributed by atoms with Crippen LogP contribution in [0.5, 0.6) is 11.5 Å². The normalized spacial score (nSPS) is 10.4. The van der Waals surface area contributed by atoms with Crippen LogP contribution in [-0.2, 0) is 0 Å². The minimum Gasteiger partial charge on any atom is -0.493 e. The first-order valence-corrected chi connectivity index (χ1v) is 9.01. The quantitative estimate of drug-likeness (QED) is 0.634. The molecular formula is C17H14ClN3O3S2. The molecule has 0 spiro atoms. The lowest BCUT2D eigenvalue weighted by Crippen LogP contribution is -2.34. The highest BCUT2D eigenvalue weighted by Gasteiger charge is 2.13. The fraction of sp³-hybridized carbons (Fsp3) is 0.118. The highest BCUT2D eigenvalue weighted by atomic mass is 35.5. The molecule has 2 aromatic carbocycles. The van der Waals surface area contributed by atoms with Gasteiger partial charge in [-0.1, -0.05) is 22.9 Å². The van der Waals surface area contributed by atoms with Gasteiger partial charge in [0.25, 0.3) is 5.91 Å². The zero-order valence-electron chi connectivity index (χ0n) is 13.8. The summed E-state index contributed by atoms with van der Waals surface area (Å²) in [6.07, 6.45) is 0. The van der Waals surface area contributed by atoms with Crippen LogP contribution in [0.4, 0.5) is 5.13 Å². The van der Waals surface area contributed by atoms with Crippen LogP contribution in [0, 0.1) is 0 Å². The Bertz CT molecular complexity index is 991. The Kier molecular flexibility index (Phi) is 5.55. The third-order valence-corrected chi connectivity index (χ3v) is 4.82. The molecule has 6 nitrogen and oxygen atoms in total. The molecule has 0 fully saturated rings. The van der Waals surface area contributed by atoms with E-state index in [1.54, 1.807) is 24.3 Å². The fourth-order valence-electron chi connectivity index (χ4n) is 2.23. The van der Waals surface area contributed by atoms with Gasteiger partial charge in [0.05, 0.1) is 24.4 Å². The monoisotopic (exact) mass is 407 g/mol. The maximum Gasteiger partial charge on any atom is 0.257 e. The molecule has 0 unspecified atom stereocenters. The number of nitrogens with one attached hydrogen (secondary N) is 2. The summed E-state index contributed by atoms with van der Waals surface area (Å²) in [4.78, 5) is 16.8. The largest absolute Gasteiger partial charge is 0.493 e. The van der Waals surface area contributed by atoms with Gasteiger partial charge in [0.15, 0.2) is 21.7 Å². The predicted molar refractivity (Wildman–Crippen MR) is 108 cm³/mol. The molecular weight excluding hydrogens is 394 g/mol. The maximum atomic E-state index is 12.4.